The highest BCUT2D eigenvalue weighted by Crippen LogP contribution is 2.34. The van der Waals surface area contributed by atoms with Crippen LogP contribution in [0.4, 0.5) is 26.3 Å². The van der Waals surface area contributed by atoms with Gasteiger partial charge in [0.15, 0.2) is 5.69 Å². The number of aromatic nitrogens is 1. The van der Waals surface area contributed by atoms with Gasteiger partial charge in [-0.3, -0.25) is 0 Å². The molecule has 0 atom stereocenters. The van der Waals surface area contributed by atoms with Crippen molar-refractivity contribution in [2.24, 2.45) is 5.73 Å². The van der Waals surface area contributed by atoms with Gasteiger partial charge in [-0.1, -0.05) is 0 Å². The molecule has 0 saturated heterocycles. The quantitative estimate of drug-likeness (QED) is 0.835. The lowest BCUT2D eigenvalue weighted by Crippen LogP contribution is -2.22. The molecule has 0 bridgehead atoms. The average Bonchev–Trinajstić information content (AvgIpc) is 2.24. The summed E-state index contributed by atoms with van der Waals surface area (Å²) in [6.07, 6.45) is -10.2. The smallest absolute Gasteiger partial charge is 0.392 e. The van der Waals surface area contributed by atoms with Crippen LogP contribution in [0, 0.1) is 0 Å². The fourth-order valence-corrected chi connectivity index (χ4v) is 1.37. The van der Waals surface area contributed by atoms with Gasteiger partial charge in [0.1, 0.15) is 0 Å². The predicted octanol–water partition coefficient (Wildman–Crippen LogP) is 1.95. The number of pyridine rings is 1. The van der Waals surface area contributed by atoms with Crippen molar-refractivity contribution in [1.29, 1.82) is 0 Å². The number of nitrogens with zero attached hydrogens (tertiary/aromatic N) is 1. The molecule has 1 aromatic rings. The van der Waals surface area contributed by atoms with Gasteiger partial charge in [-0.05, 0) is 5.56 Å². The molecule has 0 fully saturated rings. The van der Waals surface area contributed by atoms with Crippen LogP contribution in [-0.2, 0) is 19.3 Å². The second-order valence-electron chi connectivity index (χ2n) is 3.35. The van der Waals surface area contributed by atoms with Gasteiger partial charge in [0.2, 0.25) is 5.88 Å². The van der Waals surface area contributed by atoms with Crippen LogP contribution in [0.2, 0.25) is 0 Å². The van der Waals surface area contributed by atoms with E-state index in [1.165, 1.54) is 0 Å². The third-order valence-corrected chi connectivity index (χ3v) is 2.06. The molecule has 10 heteroatoms. The Labute approximate surface area is 102 Å². The number of hydrogen-bond acceptors (Lipinski definition) is 4. The maximum atomic E-state index is 12.6. The maximum absolute atomic E-state index is 12.6. The Morgan fingerprint density at radius 2 is 1.79 bits per heavy atom. The number of hydrogen-bond donors (Lipinski definition) is 2. The van der Waals surface area contributed by atoms with E-state index in [4.69, 9.17) is 10.8 Å². The van der Waals surface area contributed by atoms with Gasteiger partial charge < -0.3 is 15.6 Å². The standard InChI is InChI=1S/C9H8F6N2O2/c10-8(11,12)7-5(2-16)4(3-18)1-6(17-7)19-9(13,14)15/h1,18H,2-3,16H2. The van der Waals surface area contributed by atoms with Gasteiger partial charge >= 0.3 is 12.5 Å². The predicted molar refractivity (Wildman–Crippen MR) is 49.7 cm³/mol. The molecule has 19 heavy (non-hydrogen) atoms. The minimum atomic E-state index is -5.19. The van der Waals surface area contributed by atoms with Crippen molar-refractivity contribution < 1.29 is 36.2 Å². The third kappa shape index (κ3) is 3.96. The van der Waals surface area contributed by atoms with E-state index in [1.54, 1.807) is 0 Å². The first kappa shape index (κ1) is 15.5. The van der Waals surface area contributed by atoms with Gasteiger partial charge in [0, 0.05) is 18.2 Å². The molecule has 0 unspecified atom stereocenters. The SMILES string of the molecule is NCc1c(CO)cc(OC(F)(F)F)nc1C(F)(F)F. The number of rotatable bonds is 3. The number of alkyl halides is 6. The molecule has 0 radical (unpaired) electrons. The summed E-state index contributed by atoms with van der Waals surface area (Å²) in [5.74, 6) is -1.30. The summed E-state index contributed by atoms with van der Waals surface area (Å²) in [4.78, 5) is 2.75. The van der Waals surface area contributed by atoms with Crippen LogP contribution in [0.5, 0.6) is 5.88 Å². The summed E-state index contributed by atoms with van der Waals surface area (Å²) in [5, 5.41) is 8.87. The Morgan fingerprint density at radius 1 is 1.21 bits per heavy atom. The van der Waals surface area contributed by atoms with Crippen molar-refractivity contribution in [3.05, 3.63) is 22.9 Å². The van der Waals surface area contributed by atoms with Crippen molar-refractivity contribution in [3.8, 4) is 5.88 Å². The highest BCUT2D eigenvalue weighted by Gasteiger charge is 2.38. The third-order valence-electron chi connectivity index (χ3n) is 2.06. The van der Waals surface area contributed by atoms with Gasteiger partial charge in [-0.2, -0.15) is 13.2 Å². The first-order valence-electron chi connectivity index (χ1n) is 4.75. The molecule has 0 aromatic carbocycles. The Hall–Kier alpha value is -1.55. The van der Waals surface area contributed by atoms with E-state index in [0.29, 0.717) is 6.07 Å². The second kappa shape index (κ2) is 5.21. The summed E-state index contributed by atoms with van der Waals surface area (Å²) in [7, 11) is 0. The maximum Gasteiger partial charge on any atom is 0.574 e. The zero-order valence-corrected chi connectivity index (χ0v) is 9.14. The molecule has 1 rings (SSSR count). The molecule has 0 aliphatic carbocycles. The molecular weight excluding hydrogens is 282 g/mol. The van der Waals surface area contributed by atoms with Crippen LogP contribution in [-0.4, -0.2) is 16.5 Å². The fourth-order valence-electron chi connectivity index (χ4n) is 1.37. The molecule has 0 amide bonds. The normalized spacial score (nSPS) is 12.6. The summed E-state index contributed by atoms with van der Waals surface area (Å²) < 4.78 is 77.1. The minimum Gasteiger partial charge on any atom is -0.392 e. The van der Waals surface area contributed by atoms with Crippen LogP contribution < -0.4 is 10.5 Å². The first-order chi connectivity index (χ1) is 8.58. The van der Waals surface area contributed by atoms with Crippen LogP contribution >= 0.6 is 0 Å². The lowest BCUT2D eigenvalue weighted by molar-refractivity contribution is -0.276. The summed E-state index contributed by atoms with van der Waals surface area (Å²) in [5.41, 5.74) is 2.47. The van der Waals surface area contributed by atoms with E-state index in [2.05, 4.69) is 9.72 Å². The van der Waals surface area contributed by atoms with Gasteiger partial charge in [-0.15, -0.1) is 13.2 Å². The van der Waals surface area contributed by atoms with Crippen molar-refractivity contribution in [2.75, 3.05) is 0 Å². The number of nitrogens with two attached hydrogens (primary N) is 1. The molecule has 0 spiro atoms. The van der Waals surface area contributed by atoms with Crippen LogP contribution in [0.25, 0.3) is 0 Å². The van der Waals surface area contributed by atoms with E-state index in [9.17, 15) is 26.3 Å². The minimum absolute atomic E-state index is 0.427. The number of ether oxygens (including phenoxy) is 1. The molecule has 3 N–H and O–H groups in total. The van der Waals surface area contributed by atoms with Crippen LogP contribution in [0.1, 0.15) is 16.8 Å². The molecule has 1 heterocycles. The Kier molecular flexibility index (Phi) is 4.25. The lowest BCUT2D eigenvalue weighted by atomic mass is 10.1. The summed E-state index contributed by atoms with van der Waals surface area (Å²) >= 11 is 0. The Balaban J connectivity index is 3.39. The highest BCUT2D eigenvalue weighted by atomic mass is 19.4. The largest absolute Gasteiger partial charge is 0.574 e. The van der Waals surface area contributed by atoms with Crippen LogP contribution in [0.3, 0.4) is 0 Å². The van der Waals surface area contributed by atoms with Gasteiger partial charge in [-0.25, -0.2) is 4.98 Å². The Morgan fingerprint density at radius 3 is 2.16 bits per heavy atom. The number of aliphatic hydroxyl groups is 1. The average molecular weight is 290 g/mol. The first-order valence-corrected chi connectivity index (χ1v) is 4.75. The molecule has 108 valence electrons. The van der Waals surface area contributed by atoms with Gasteiger partial charge in [0.05, 0.1) is 6.61 Å². The van der Waals surface area contributed by atoms with Crippen molar-refractivity contribution >= 4 is 0 Å². The second-order valence-corrected chi connectivity index (χ2v) is 3.35. The fraction of sp³-hybridized carbons (Fsp3) is 0.444. The number of halogens is 6. The van der Waals surface area contributed by atoms with Gasteiger partial charge in [0.25, 0.3) is 0 Å². The topological polar surface area (TPSA) is 68.4 Å². The van der Waals surface area contributed by atoms with Crippen molar-refractivity contribution in [3.63, 3.8) is 0 Å². The van der Waals surface area contributed by atoms with Crippen molar-refractivity contribution in [1.82, 2.24) is 4.98 Å². The van der Waals surface area contributed by atoms with Crippen molar-refractivity contribution in [2.45, 2.75) is 25.7 Å². The highest BCUT2D eigenvalue weighted by molar-refractivity contribution is 5.36. The Bertz CT molecular complexity index is 457. The zero-order chi connectivity index (χ0) is 14.8. The molecule has 0 aliphatic heterocycles. The molecule has 1 aromatic heterocycles. The summed E-state index contributed by atoms with van der Waals surface area (Å²) in [6.45, 7) is -1.56. The van der Waals surface area contributed by atoms with Crippen LogP contribution in [0.15, 0.2) is 6.07 Å². The van der Waals surface area contributed by atoms with E-state index in [-0.39, 0.29) is 0 Å². The van der Waals surface area contributed by atoms with E-state index < -0.39 is 48.4 Å². The summed E-state index contributed by atoms with van der Waals surface area (Å²) in [6, 6.07) is 0.560. The number of aliphatic hydroxyl groups excluding tert-OH is 1. The van der Waals surface area contributed by atoms with E-state index >= 15 is 0 Å². The molecule has 0 saturated carbocycles. The van der Waals surface area contributed by atoms with E-state index in [0.717, 1.165) is 0 Å². The molecule has 4 nitrogen and oxygen atoms in total. The zero-order valence-electron chi connectivity index (χ0n) is 9.14. The molecular formula is C9H8F6N2O2. The molecule has 0 aliphatic rings. The lowest BCUT2D eigenvalue weighted by Gasteiger charge is -2.16. The van der Waals surface area contributed by atoms with E-state index in [1.807, 2.05) is 0 Å². The monoisotopic (exact) mass is 290 g/mol.